The van der Waals surface area contributed by atoms with Crippen LogP contribution in [0.15, 0.2) is 42.2 Å². The lowest BCUT2D eigenvalue weighted by molar-refractivity contribution is -0.151. The van der Waals surface area contributed by atoms with Crippen molar-refractivity contribution in [3.8, 4) is 0 Å². The van der Waals surface area contributed by atoms with Crippen molar-refractivity contribution in [3.05, 3.63) is 47.7 Å². The highest BCUT2D eigenvalue weighted by Crippen LogP contribution is 2.17. The van der Waals surface area contributed by atoms with Gasteiger partial charge in [-0.1, -0.05) is 18.2 Å². The van der Waals surface area contributed by atoms with E-state index in [1.54, 1.807) is 6.08 Å². The summed E-state index contributed by atoms with van der Waals surface area (Å²) in [6.07, 6.45) is 3.99. The van der Waals surface area contributed by atoms with Gasteiger partial charge in [0.1, 0.15) is 5.76 Å². The fourth-order valence-corrected chi connectivity index (χ4v) is 2.06. The van der Waals surface area contributed by atoms with Gasteiger partial charge in [-0.25, -0.2) is 0 Å². The summed E-state index contributed by atoms with van der Waals surface area (Å²) >= 11 is 0. The predicted octanol–water partition coefficient (Wildman–Crippen LogP) is 1.98. The number of anilines is 1. The van der Waals surface area contributed by atoms with Crippen LogP contribution in [0, 0.1) is 5.92 Å². The number of carbonyl (C=O) groups is 3. The van der Waals surface area contributed by atoms with Crippen LogP contribution < -0.4 is 4.90 Å². The molecule has 0 radical (unpaired) electrons. The highest BCUT2D eigenvalue weighted by atomic mass is 16.5. The molecule has 0 amide bonds. The van der Waals surface area contributed by atoms with Crippen LogP contribution >= 0.6 is 0 Å². The second kappa shape index (κ2) is 6.39. The molecular formula is C17H17NO4. The minimum absolute atomic E-state index is 0.210. The molecular weight excluding hydrogens is 282 g/mol. The number of allylic oxidation sites excluding steroid dienone is 3. The molecule has 0 fully saturated rings. The maximum atomic E-state index is 12.0. The lowest BCUT2D eigenvalue weighted by Gasteiger charge is -2.15. The number of carbonyl (C=O) groups excluding carboxylic acids is 3. The van der Waals surface area contributed by atoms with Crippen LogP contribution in [-0.4, -0.2) is 31.6 Å². The van der Waals surface area contributed by atoms with E-state index < -0.39 is 23.5 Å². The number of hydrogen-bond donors (Lipinski definition) is 0. The third-order valence-corrected chi connectivity index (χ3v) is 3.26. The lowest BCUT2D eigenvalue weighted by atomic mass is 9.96. The summed E-state index contributed by atoms with van der Waals surface area (Å²) in [5.41, 5.74) is 1.84. The van der Waals surface area contributed by atoms with Crippen molar-refractivity contribution in [2.24, 2.45) is 5.92 Å². The Balaban J connectivity index is 2.11. The average molecular weight is 299 g/mol. The van der Waals surface area contributed by atoms with Crippen molar-refractivity contribution in [1.29, 1.82) is 0 Å². The van der Waals surface area contributed by atoms with Crippen LogP contribution in [0.4, 0.5) is 5.69 Å². The van der Waals surface area contributed by atoms with Crippen LogP contribution in [0.1, 0.15) is 12.5 Å². The van der Waals surface area contributed by atoms with Gasteiger partial charge in [0, 0.05) is 25.9 Å². The van der Waals surface area contributed by atoms with E-state index in [9.17, 15) is 14.4 Å². The van der Waals surface area contributed by atoms with Crippen LogP contribution in [0.2, 0.25) is 0 Å². The van der Waals surface area contributed by atoms with Gasteiger partial charge >= 0.3 is 5.97 Å². The molecule has 1 atom stereocenters. The second-order valence-corrected chi connectivity index (χ2v) is 5.23. The van der Waals surface area contributed by atoms with E-state index in [1.807, 2.05) is 43.3 Å². The number of benzene rings is 1. The first-order chi connectivity index (χ1) is 10.4. The van der Waals surface area contributed by atoms with Crippen molar-refractivity contribution in [2.45, 2.75) is 6.92 Å². The Labute approximate surface area is 128 Å². The van der Waals surface area contributed by atoms with Gasteiger partial charge in [0.2, 0.25) is 0 Å². The van der Waals surface area contributed by atoms with E-state index in [4.69, 9.17) is 4.74 Å². The van der Waals surface area contributed by atoms with Crippen molar-refractivity contribution < 1.29 is 19.1 Å². The molecule has 0 saturated heterocycles. The second-order valence-electron chi connectivity index (χ2n) is 5.23. The number of cyclic esters (lactones) is 1. The molecule has 22 heavy (non-hydrogen) atoms. The molecule has 0 N–H and O–H groups in total. The summed E-state index contributed by atoms with van der Waals surface area (Å²) in [5, 5.41) is 0. The standard InChI is InChI=1S/C17H17NO4/c1-11-10-15(20)16(17(21)22-11)14(19)9-6-12-4-7-13(8-5-12)18(2)3/h4-10,16H,1-3H3/b9-6+. The van der Waals surface area contributed by atoms with Crippen LogP contribution in [-0.2, 0) is 19.1 Å². The number of nitrogens with zero attached hydrogens (tertiary/aromatic N) is 1. The molecule has 114 valence electrons. The zero-order valence-electron chi connectivity index (χ0n) is 12.7. The highest BCUT2D eigenvalue weighted by Gasteiger charge is 2.36. The molecule has 1 aliphatic rings. The topological polar surface area (TPSA) is 63.7 Å². The van der Waals surface area contributed by atoms with Gasteiger partial charge in [0.15, 0.2) is 17.5 Å². The first-order valence-corrected chi connectivity index (χ1v) is 6.81. The molecule has 1 aromatic rings. The van der Waals surface area contributed by atoms with Crippen molar-refractivity contribution in [3.63, 3.8) is 0 Å². The monoisotopic (exact) mass is 299 g/mol. The SMILES string of the molecule is CC1=CC(=O)C(C(=O)/C=C/c2ccc(N(C)C)cc2)C(=O)O1. The minimum atomic E-state index is -1.39. The van der Waals surface area contributed by atoms with Crippen molar-refractivity contribution in [2.75, 3.05) is 19.0 Å². The summed E-state index contributed by atoms with van der Waals surface area (Å²) in [4.78, 5) is 37.4. The fraction of sp³-hybridized carbons (Fsp3) is 0.235. The van der Waals surface area contributed by atoms with E-state index in [0.29, 0.717) is 0 Å². The molecule has 0 bridgehead atoms. The molecule has 5 heteroatoms. The van der Waals surface area contributed by atoms with Gasteiger partial charge in [-0.05, 0) is 30.7 Å². The van der Waals surface area contributed by atoms with Crippen LogP contribution in [0.3, 0.4) is 0 Å². The quantitative estimate of drug-likeness (QED) is 0.483. The summed E-state index contributed by atoms with van der Waals surface area (Å²) in [7, 11) is 3.87. The maximum absolute atomic E-state index is 12.0. The zero-order chi connectivity index (χ0) is 16.3. The number of ether oxygens (including phenoxy) is 1. The molecule has 0 spiro atoms. The molecule has 1 unspecified atom stereocenters. The molecule has 0 aliphatic carbocycles. The first kappa shape index (κ1) is 15.7. The Hall–Kier alpha value is -2.69. The zero-order valence-corrected chi connectivity index (χ0v) is 12.7. The normalized spacial score (nSPS) is 18.1. The molecule has 0 aromatic heterocycles. The summed E-state index contributed by atoms with van der Waals surface area (Å²) in [6.45, 7) is 1.50. The van der Waals surface area contributed by atoms with E-state index in [0.717, 1.165) is 11.3 Å². The van der Waals surface area contributed by atoms with Gasteiger partial charge in [0.05, 0.1) is 0 Å². The largest absolute Gasteiger partial charge is 0.430 e. The number of rotatable bonds is 4. The van der Waals surface area contributed by atoms with Crippen molar-refractivity contribution in [1.82, 2.24) is 0 Å². The molecule has 0 saturated carbocycles. The van der Waals surface area contributed by atoms with Gasteiger partial charge < -0.3 is 9.64 Å². The van der Waals surface area contributed by atoms with Crippen molar-refractivity contribution >= 4 is 29.3 Å². The van der Waals surface area contributed by atoms with Gasteiger partial charge in [-0.15, -0.1) is 0 Å². The van der Waals surface area contributed by atoms with Gasteiger partial charge in [-0.2, -0.15) is 0 Å². The lowest BCUT2D eigenvalue weighted by Crippen LogP contribution is -2.34. The van der Waals surface area contributed by atoms with E-state index in [2.05, 4.69) is 0 Å². The summed E-state index contributed by atoms with van der Waals surface area (Å²) in [6, 6.07) is 7.53. The number of esters is 1. The summed E-state index contributed by atoms with van der Waals surface area (Å²) < 4.78 is 4.83. The predicted molar refractivity (Wildman–Crippen MR) is 83.2 cm³/mol. The van der Waals surface area contributed by atoms with Crippen LogP contribution in [0.5, 0.6) is 0 Å². The highest BCUT2D eigenvalue weighted by molar-refractivity contribution is 6.25. The molecule has 1 heterocycles. The maximum Gasteiger partial charge on any atom is 0.329 e. The number of hydrogen-bond acceptors (Lipinski definition) is 5. The minimum Gasteiger partial charge on any atom is -0.430 e. The average Bonchev–Trinajstić information content (AvgIpc) is 2.44. The Morgan fingerprint density at radius 2 is 1.82 bits per heavy atom. The first-order valence-electron chi connectivity index (χ1n) is 6.81. The Bertz CT molecular complexity index is 668. The Morgan fingerprint density at radius 1 is 1.18 bits per heavy atom. The molecule has 1 aromatic carbocycles. The van der Waals surface area contributed by atoms with Gasteiger partial charge in [0.25, 0.3) is 0 Å². The smallest absolute Gasteiger partial charge is 0.329 e. The van der Waals surface area contributed by atoms with Gasteiger partial charge in [-0.3, -0.25) is 14.4 Å². The Morgan fingerprint density at radius 3 is 2.36 bits per heavy atom. The van der Waals surface area contributed by atoms with Crippen LogP contribution in [0.25, 0.3) is 6.08 Å². The number of ketones is 2. The van der Waals surface area contributed by atoms with E-state index in [1.165, 1.54) is 19.1 Å². The summed E-state index contributed by atoms with van der Waals surface area (Å²) in [5.74, 6) is -3.10. The molecule has 5 nitrogen and oxygen atoms in total. The van der Waals surface area contributed by atoms with E-state index >= 15 is 0 Å². The molecule has 2 rings (SSSR count). The third kappa shape index (κ3) is 3.49. The Kier molecular flexibility index (Phi) is 4.56. The third-order valence-electron chi connectivity index (χ3n) is 3.26. The fourth-order valence-electron chi connectivity index (χ4n) is 2.06. The molecule has 1 aliphatic heterocycles. The van der Waals surface area contributed by atoms with E-state index in [-0.39, 0.29) is 5.76 Å².